The van der Waals surface area contributed by atoms with Gasteiger partial charge in [-0.15, -0.1) is 0 Å². The molecule has 148 valence electrons. The lowest BCUT2D eigenvalue weighted by Gasteiger charge is -2.15. The number of hydrogen-bond donors (Lipinski definition) is 0. The predicted molar refractivity (Wildman–Crippen MR) is 93.8 cm³/mol. The van der Waals surface area contributed by atoms with Gasteiger partial charge in [-0.2, -0.15) is 21.6 Å². The molecule has 2 atom stereocenters. The van der Waals surface area contributed by atoms with Gasteiger partial charge in [-0.3, -0.25) is 0 Å². The lowest BCUT2D eigenvalue weighted by molar-refractivity contribution is -0.110. The van der Waals surface area contributed by atoms with Gasteiger partial charge in [0, 0.05) is 5.92 Å². The Labute approximate surface area is 150 Å². The fourth-order valence-corrected chi connectivity index (χ4v) is 3.37. The van der Waals surface area contributed by atoms with Crippen LogP contribution in [-0.2, 0) is 19.0 Å². The van der Waals surface area contributed by atoms with E-state index in [4.69, 9.17) is 0 Å². The molecular weight excluding hydrogens is 356 g/mol. The fraction of sp³-hybridized carbons (Fsp3) is 0.938. The van der Waals surface area contributed by atoms with Crippen molar-refractivity contribution in [1.29, 1.82) is 0 Å². The molecule has 1 saturated carbocycles. The average molecular weight is 386 g/mol. The molecule has 1 aliphatic rings. The summed E-state index contributed by atoms with van der Waals surface area (Å²) in [5.41, 5.74) is -5.33. The van der Waals surface area contributed by atoms with E-state index >= 15 is 0 Å². The second-order valence-corrected chi connectivity index (χ2v) is 8.28. The Morgan fingerprint density at radius 1 is 1.12 bits per heavy atom. The van der Waals surface area contributed by atoms with Crippen molar-refractivity contribution >= 4 is 23.3 Å². The third kappa shape index (κ3) is 10.2. The molecule has 0 bridgehead atoms. The zero-order chi connectivity index (χ0) is 19.5. The zero-order valence-corrected chi connectivity index (χ0v) is 16.2. The third-order valence-electron chi connectivity index (χ3n) is 4.23. The largest absolute Gasteiger partial charge is 0.521 e. The van der Waals surface area contributed by atoms with E-state index in [1.54, 1.807) is 0 Å². The second kappa shape index (κ2) is 11.9. The highest BCUT2D eigenvalue weighted by atomic mass is 32.2. The summed E-state index contributed by atoms with van der Waals surface area (Å²) in [6.07, 6.45) is 8.18. The van der Waals surface area contributed by atoms with Gasteiger partial charge in [0.25, 0.3) is 0 Å². The number of halogens is 3. The van der Waals surface area contributed by atoms with E-state index in [0.717, 1.165) is 37.9 Å². The minimum absolute atomic E-state index is 0.339. The summed E-state index contributed by atoms with van der Waals surface area (Å²) in [4.78, 5) is 10.2. The topological polar surface area (TPSA) is 60.4 Å². The van der Waals surface area contributed by atoms with Crippen LogP contribution in [0.1, 0.15) is 65.7 Å². The average Bonchev–Trinajstić information content (AvgIpc) is 2.95. The molecule has 1 aliphatic carbocycles. The van der Waals surface area contributed by atoms with E-state index < -0.39 is 22.5 Å². The molecule has 0 saturated heterocycles. The molecule has 0 spiro atoms. The molecule has 0 aromatic rings. The lowest BCUT2D eigenvalue weighted by Crippen LogP contribution is -2.32. The van der Waals surface area contributed by atoms with Crippen molar-refractivity contribution in [1.82, 2.24) is 0 Å². The van der Waals surface area contributed by atoms with Crippen LogP contribution in [0.4, 0.5) is 13.2 Å². The molecule has 0 radical (unpaired) electrons. The summed E-state index contributed by atoms with van der Waals surface area (Å²) < 4.78 is 62.3. The lowest BCUT2D eigenvalue weighted by atomic mass is 9.60. The maximum atomic E-state index is 12.1. The van der Waals surface area contributed by atoms with Gasteiger partial charge >= 0.3 is 22.5 Å². The van der Waals surface area contributed by atoms with E-state index in [1.165, 1.54) is 6.42 Å². The van der Waals surface area contributed by atoms with Gasteiger partial charge in [0.2, 0.25) is 0 Å². The van der Waals surface area contributed by atoms with E-state index in [2.05, 4.69) is 11.0 Å². The van der Waals surface area contributed by atoms with Gasteiger partial charge in [0.05, 0.1) is 0 Å². The van der Waals surface area contributed by atoms with Crippen molar-refractivity contribution in [3.63, 3.8) is 0 Å². The number of aldehydes is 1. The molecule has 0 aliphatic heterocycles. The first-order valence-electron chi connectivity index (χ1n) is 9.02. The van der Waals surface area contributed by atoms with Crippen LogP contribution in [-0.4, -0.2) is 27.1 Å². The van der Waals surface area contributed by atoms with Crippen molar-refractivity contribution in [2.75, 3.05) is 0 Å². The van der Waals surface area contributed by atoms with Gasteiger partial charge in [0.15, 0.2) is 0 Å². The summed E-state index contributed by atoms with van der Waals surface area (Å²) in [6, 6.07) is 0. The SMILES string of the molecule is CC1CCC(C=O)C1.CCCCB(CCCC)OS(=O)(=O)C(F)(F)F. The van der Waals surface area contributed by atoms with E-state index in [-0.39, 0.29) is 0 Å². The molecule has 0 heterocycles. The van der Waals surface area contributed by atoms with Crippen LogP contribution in [0.3, 0.4) is 0 Å². The first kappa shape index (κ1) is 24.4. The highest BCUT2D eigenvalue weighted by Gasteiger charge is 2.48. The maximum Gasteiger partial charge on any atom is 0.521 e. The number of alkyl halides is 3. The Morgan fingerprint density at radius 3 is 1.92 bits per heavy atom. The van der Waals surface area contributed by atoms with Crippen LogP contribution in [0, 0.1) is 11.8 Å². The molecule has 0 N–H and O–H groups in total. The predicted octanol–water partition coefficient (Wildman–Crippen LogP) is 5.07. The zero-order valence-electron chi connectivity index (χ0n) is 15.3. The van der Waals surface area contributed by atoms with E-state index in [0.29, 0.717) is 31.4 Å². The number of unbranched alkanes of at least 4 members (excludes halogenated alkanes) is 2. The second-order valence-electron chi connectivity index (χ2n) is 6.72. The first-order chi connectivity index (χ1) is 11.6. The molecule has 1 rings (SSSR count). The Hall–Kier alpha value is -0.565. The molecule has 9 heteroatoms. The van der Waals surface area contributed by atoms with Crippen LogP contribution in [0.15, 0.2) is 0 Å². The smallest absolute Gasteiger partial charge is 0.327 e. The standard InChI is InChI=1S/C9H18BF3O3S.C7H12O/c1-3-5-7-10(8-6-4-2)16-17(14,15)9(11,12)13;1-6-2-3-7(4-6)5-8/h3-8H2,1-2H3;5-7H,2-4H2,1H3. The summed E-state index contributed by atoms with van der Waals surface area (Å²) in [5, 5.41) is 0. The Balaban J connectivity index is 0.000000593. The molecule has 0 amide bonds. The van der Waals surface area contributed by atoms with Crippen molar-refractivity contribution in [3.05, 3.63) is 0 Å². The summed E-state index contributed by atoms with van der Waals surface area (Å²) in [6.45, 7) is 5.12. The van der Waals surface area contributed by atoms with Gasteiger partial charge in [-0.05, 0) is 31.4 Å². The highest BCUT2D eigenvalue weighted by Crippen LogP contribution is 2.28. The number of rotatable bonds is 9. The van der Waals surface area contributed by atoms with Crippen molar-refractivity contribution in [3.8, 4) is 0 Å². The van der Waals surface area contributed by atoms with Crippen molar-refractivity contribution in [2.24, 2.45) is 11.8 Å². The summed E-state index contributed by atoms with van der Waals surface area (Å²) in [5.74, 6) is 1.19. The van der Waals surface area contributed by atoms with Crippen LogP contribution >= 0.6 is 0 Å². The molecule has 0 aromatic carbocycles. The third-order valence-corrected chi connectivity index (χ3v) is 5.33. The molecule has 2 unspecified atom stereocenters. The first-order valence-corrected chi connectivity index (χ1v) is 10.4. The Bertz CT molecular complexity index is 460. The normalized spacial score (nSPS) is 20.7. The molecule has 25 heavy (non-hydrogen) atoms. The Morgan fingerprint density at radius 2 is 1.64 bits per heavy atom. The fourth-order valence-electron chi connectivity index (χ4n) is 2.71. The summed E-state index contributed by atoms with van der Waals surface area (Å²) >= 11 is 0. The van der Waals surface area contributed by atoms with Crippen LogP contribution in [0.25, 0.3) is 0 Å². The van der Waals surface area contributed by atoms with Gasteiger partial charge in [-0.25, -0.2) is 0 Å². The monoisotopic (exact) mass is 386 g/mol. The van der Waals surface area contributed by atoms with Crippen LogP contribution in [0.5, 0.6) is 0 Å². The minimum atomic E-state index is -5.46. The van der Waals surface area contributed by atoms with Gasteiger partial charge in [-0.1, -0.05) is 52.9 Å². The molecule has 0 aromatic heterocycles. The minimum Gasteiger partial charge on any atom is -0.327 e. The van der Waals surface area contributed by atoms with Crippen molar-refractivity contribution in [2.45, 2.75) is 83.9 Å². The van der Waals surface area contributed by atoms with E-state index in [1.807, 2.05) is 13.8 Å². The summed E-state index contributed by atoms with van der Waals surface area (Å²) in [7, 11) is -5.46. The Kier molecular flexibility index (Phi) is 11.7. The quantitative estimate of drug-likeness (QED) is 0.316. The molecular formula is C16H30BF3O4S. The maximum absolute atomic E-state index is 12.1. The highest BCUT2D eigenvalue weighted by molar-refractivity contribution is 7.88. The number of carbonyl (C=O) groups excluding carboxylic acids is 1. The molecule has 1 fully saturated rings. The van der Waals surface area contributed by atoms with Crippen molar-refractivity contribution < 1.29 is 30.5 Å². The number of hydrogen-bond acceptors (Lipinski definition) is 4. The van der Waals surface area contributed by atoms with Gasteiger partial charge < -0.3 is 8.90 Å². The van der Waals surface area contributed by atoms with Crippen LogP contribution in [0.2, 0.25) is 12.6 Å². The van der Waals surface area contributed by atoms with Crippen LogP contribution < -0.4 is 0 Å². The van der Waals surface area contributed by atoms with Gasteiger partial charge in [0.1, 0.15) is 6.29 Å². The van der Waals surface area contributed by atoms with E-state index in [9.17, 15) is 26.4 Å². The molecule has 4 nitrogen and oxygen atoms in total. The number of carbonyl (C=O) groups is 1.